The van der Waals surface area contributed by atoms with E-state index in [4.69, 9.17) is 0 Å². The molecule has 8 heteroatoms. The Bertz CT molecular complexity index is 1040. The smallest absolute Gasteiger partial charge is 0.435 e. The largest absolute Gasteiger partial charge is 0.478 e. The van der Waals surface area contributed by atoms with E-state index in [1.807, 2.05) is 6.92 Å². The van der Waals surface area contributed by atoms with Crippen LogP contribution in [0, 0.1) is 0 Å². The maximum Gasteiger partial charge on any atom is 0.435 e. The van der Waals surface area contributed by atoms with Gasteiger partial charge < -0.3 is 14.8 Å². The molecule has 0 aliphatic rings. The summed E-state index contributed by atoms with van der Waals surface area (Å²) in [6, 6.07) is 13.5. The molecule has 30 heavy (non-hydrogen) atoms. The lowest BCUT2D eigenvalue weighted by Gasteiger charge is -2.13. The molecule has 0 unspecified atom stereocenters. The second-order valence-electron chi connectivity index (χ2n) is 6.86. The third-order valence-electron chi connectivity index (χ3n) is 4.81. The van der Waals surface area contributed by atoms with Gasteiger partial charge in [0.25, 0.3) is 0 Å². The average Bonchev–Trinajstić information content (AvgIpc) is 3.06. The minimum atomic E-state index is -4.64. The fourth-order valence-electron chi connectivity index (χ4n) is 3.42. The molecule has 5 nitrogen and oxygen atoms in total. The Labute approximate surface area is 171 Å². The van der Waals surface area contributed by atoms with Gasteiger partial charge in [0.2, 0.25) is 0 Å². The van der Waals surface area contributed by atoms with Crippen LogP contribution >= 0.6 is 0 Å². The molecule has 0 saturated heterocycles. The lowest BCUT2D eigenvalue weighted by molar-refractivity contribution is -0.142. The molecule has 0 aliphatic carbocycles. The number of carboxylic acids is 1. The van der Waals surface area contributed by atoms with Crippen molar-refractivity contribution >= 4 is 5.97 Å². The van der Waals surface area contributed by atoms with Crippen LogP contribution in [0.25, 0.3) is 11.1 Å². The standard InChI is InChI=1S/C22H21F3N2O3/c1-2-5-19-26-20(22(23,24)25)18(13-28)27(19)12-14-8-10-15(11-9-14)16-6-3-4-7-17(16)21(29)30/h3-4,6-11,28H,2,5,12-13H2,1H3,(H,29,30). The second kappa shape index (κ2) is 8.71. The molecule has 0 atom stereocenters. The zero-order valence-corrected chi connectivity index (χ0v) is 16.3. The molecule has 0 saturated carbocycles. The highest BCUT2D eigenvalue weighted by Gasteiger charge is 2.38. The van der Waals surface area contributed by atoms with Gasteiger partial charge in [-0.1, -0.05) is 49.4 Å². The highest BCUT2D eigenvalue weighted by molar-refractivity contribution is 5.95. The number of aliphatic hydroxyl groups excluding tert-OH is 1. The maximum atomic E-state index is 13.3. The van der Waals surface area contributed by atoms with Crippen LogP contribution < -0.4 is 0 Å². The summed E-state index contributed by atoms with van der Waals surface area (Å²) in [5, 5.41) is 18.9. The third kappa shape index (κ3) is 4.38. The van der Waals surface area contributed by atoms with Gasteiger partial charge in [-0.05, 0) is 29.2 Å². The number of alkyl halides is 3. The predicted octanol–water partition coefficient (Wildman–Crippen LogP) is 4.76. The van der Waals surface area contributed by atoms with E-state index in [1.165, 1.54) is 10.6 Å². The number of aromatic carboxylic acids is 1. The van der Waals surface area contributed by atoms with Gasteiger partial charge in [-0.15, -0.1) is 0 Å². The monoisotopic (exact) mass is 418 g/mol. The van der Waals surface area contributed by atoms with Crippen molar-refractivity contribution in [3.05, 3.63) is 76.9 Å². The van der Waals surface area contributed by atoms with E-state index in [1.54, 1.807) is 42.5 Å². The number of rotatable bonds is 7. The fraction of sp³-hybridized carbons (Fsp3) is 0.273. The van der Waals surface area contributed by atoms with Gasteiger partial charge in [0.05, 0.1) is 17.9 Å². The lowest BCUT2D eigenvalue weighted by Crippen LogP contribution is -2.13. The molecule has 0 spiro atoms. The number of benzene rings is 2. The molecule has 0 amide bonds. The molecule has 2 N–H and O–H groups in total. The summed E-state index contributed by atoms with van der Waals surface area (Å²) in [6.07, 6.45) is -3.67. The summed E-state index contributed by atoms with van der Waals surface area (Å²) in [5.74, 6) is -0.765. The van der Waals surface area contributed by atoms with Crippen molar-refractivity contribution in [2.45, 2.75) is 39.1 Å². The Morgan fingerprint density at radius 1 is 1.10 bits per heavy atom. The highest BCUT2D eigenvalue weighted by atomic mass is 19.4. The van der Waals surface area contributed by atoms with Crippen LogP contribution in [0.3, 0.4) is 0 Å². The molecule has 0 aliphatic heterocycles. The van der Waals surface area contributed by atoms with Gasteiger partial charge in [-0.3, -0.25) is 0 Å². The van der Waals surface area contributed by atoms with Gasteiger partial charge >= 0.3 is 12.1 Å². The quantitative estimate of drug-likeness (QED) is 0.580. The molecule has 1 aromatic heterocycles. The summed E-state index contributed by atoms with van der Waals surface area (Å²) >= 11 is 0. The van der Waals surface area contributed by atoms with Crippen molar-refractivity contribution in [1.29, 1.82) is 0 Å². The number of aliphatic hydroxyl groups is 1. The first-order chi connectivity index (χ1) is 14.3. The van der Waals surface area contributed by atoms with Crippen molar-refractivity contribution in [3.63, 3.8) is 0 Å². The number of aryl methyl sites for hydroxylation is 1. The average molecular weight is 418 g/mol. The van der Waals surface area contributed by atoms with Crippen LogP contribution in [0.5, 0.6) is 0 Å². The van der Waals surface area contributed by atoms with Crippen LogP contribution in [0.2, 0.25) is 0 Å². The topological polar surface area (TPSA) is 75.4 Å². The second-order valence-corrected chi connectivity index (χ2v) is 6.86. The number of nitrogens with zero attached hydrogens (tertiary/aromatic N) is 2. The SMILES string of the molecule is CCCc1nc(C(F)(F)F)c(CO)n1Cc1ccc(-c2ccccc2C(=O)O)cc1. The molecule has 0 bridgehead atoms. The summed E-state index contributed by atoms with van der Waals surface area (Å²) < 4.78 is 41.4. The number of imidazole rings is 1. The molecule has 158 valence electrons. The minimum absolute atomic E-state index is 0.120. The Kier molecular flexibility index (Phi) is 6.26. The van der Waals surface area contributed by atoms with E-state index in [2.05, 4.69) is 4.98 Å². The van der Waals surface area contributed by atoms with Gasteiger partial charge in [0.1, 0.15) is 5.82 Å². The first kappa shape index (κ1) is 21.6. The van der Waals surface area contributed by atoms with Gasteiger partial charge in [-0.2, -0.15) is 13.2 Å². The highest BCUT2D eigenvalue weighted by Crippen LogP contribution is 2.33. The molecule has 2 aromatic carbocycles. The molecular formula is C22H21F3N2O3. The van der Waals surface area contributed by atoms with E-state index in [-0.39, 0.29) is 23.6 Å². The summed E-state index contributed by atoms with van der Waals surface area (Å²) in [5.41, 5.74) is 0.815. The third-order valence-corrected chi connectivity index (χ3v) is 4.81. The van der Waals surface area contributed by atoms with E-state index in [0.717, 1.165) is 0 Å². The van der Waals surface area contributed by atoms with Crippen molar-refractivity contribution in [1.82, 2.24) is 9.55 Å². The summed E-state index contributed by atoms with van der Waals surface area (Å²) in [4.78, 5) is 15.2. The molecule has 0 fully saturated rings. The summed E-state index contributed by atoms with van der Waals surface area (Å²) in [6.45, 7) is 1.20. The zero-order chi connectivity index (χ0) is 21.9. The number of halogens is 3. The van der Waals surface area contributed by atoms with Crippen LogP contribution in [-0.4, -0.2) is 25.7 Å². The van der Waals surface area contributed by atoms with E-state index in [0.29, 0.717) is 29.5 Å². The molecule has 0 radical (unpaired) electrons. The maximum absolute atomic E-state index is 13.3. The first-order valence-electron chi connectivity index (χ1n) is 9.44. The van der Waals surface area contributed by atoms with E-state index in [9.17, 15) is 28.2 Å². The molecule has 3 aromatic rings. The molecular weight excluding hydrogens is 397 g/mol. The van der Waals surface area contributed by atoms with E-state index < -0.39 is 24.4 Å². The molecule has 3 rings (SSSR count). The Morgan fingerprint density at radius 3 is 2.33 bits per heavy atom. The normalized spacial score (nSPS) is 11.6. The van der Waals surface area contributed by atoms with Crippen molar-refractivity contribution in [2.24, 2.45) is 0 Å². The minimum Gasteiger partial charge on any atom is -0.478 e. The Balaban J connectivity index is 1.96. The first-order valence-corrected chi connectivity index (χ1v) is 9.44. The van der Waals surface area contributed by atoms with Crippen molar-refractivity contribution in [2.75, 3.05) is 0 Å². The van der Waals surface area contributed by atoms with Crippen molar-refractivity contribution < 1.29 is 28.2 Å². The number of carboxylic acid groups (broad SMARTS) is 1. The lowest BCUT2D eigenvalue weighted by atomic mass is 9.99. The number of aromatic nitrogens is 2. The van der Waals surface area contributed by atoms with Crippen LogP contribution in [0.1, 0.15) is 46.5 Å². The van der Waals surface area contributed by atoms with Gasteiger partial charge in [0.15, 0.2) is 5.69 Å². The zero-order valence-electron chi connectivity index (χ0n) is 16.3. The van der Waals surface area contributed by atoms with Crippen LogP contribution in [-0.2, 0) is 25.7 Å². The fourth-order valence-corrected chi connectivity index (χ4v) is 3.42. The Hall–Kier alpha value is -3.13. The number of hydrogen-bond donors (Lipinski definition) is 2. The van der Waals surface area contributed by atoms with E-state index >= 15 is 0 Å². The molecule has 1 heterocycles. The van der Waals surface area contributed by atoms with Crippen LogP contribution in [0.15, 0.2) is 48.5 Å². The summed E-state index contributed by atoms with van der Waals surface area (Å²) in [7, 11) is 0. The predicted molar refractivity (Wildman–Crippen MR) is 105 cm³/mol. The number of hydrogen-bond acceptors (Lipinski definition) is 3. The van der Waals surface area contributed by atoms with Gasteiger partial charge in [-0.25, -0.2) is 9.78 Å². The Morgan fingerprint density at radius 2 is 1.77 bits per heavy atom. The number of carbonyl (C=O) groups is 1. The van der Waals surface area contributed by atoms with Crippen LogP contribution in [0.4, 0.5) is 13.2 Å². The van der Waals surface area contributed by atoms with Gasteiger partial charge in [0, 0.05) is 13.0 Å². The van der Waals surface area contributed by atoms with Crippen molar-refractivity contribution in [3.8, 4) is 11.1 Å².